The van der Waals surface area contributed by atoms with Gasteiger partial charge in [-0.25, -0.2) is 4.98 Å². The second kappa shape index (κ2) is 10.6. The molecule has 0 saturated heterocycles. The van der Waals surface area contributed by atoms with Crippen molar-refractivity contribution >= 4 is 38.3 Å². The Labute approximate surface area is 202 Å². The van der Waals surface area contributed by atoms with E-state index < -0.39 is 6.35 Å². The van der Waals surface area contributed by atoms with Crippen molar-refractivity contribution in [2.75, 3.05) is 31.4 Å². The number of ether oxygens (including phenoxy) is 1. The number of amides is 1. The fraction of sp³-hybridized carbons (Fsp3) is 0.240. The highest BCUT2D eigenvalue weighted by molar-refractivity contribution is 7.22. The molecule has 0 aliphatic rings. The Hall–Kier alpha value is -3.53. The highest BCUT2D eigenvalue weighted by atomic mass is 32.1. The van der Waals surface area contributed by atoms with Crippen LogP contribution in [0.2, 0.25) is 0 Å². The maximum Gasteiger partial charge on any atom is 0.276 e. The predicted molar refractivity (Wildman–Crippen MR) is 136 cm³/mol. The lowest BCUT2D eigenvalue weighted by Gasteiger charge is -2.25. The Morgan fingerprint density at radius 3 is 2.53 bits per heavy atom. The molecule has 34 heavy (non-hydrogen) atoms. The van der Waals surface area contributed by atoms with Crippen molar-refractivity contribution in [1.29, 1.82) is 0 Å². The summed E-state index contributed by atoms with van der Waals surface area (Å²) in [6, 6.07) is 17.3. The maximum absolute atomic E-state index is 12.6. The van der Waals surface area contributed by atoms with Crippen LogP contribution in [0.25, 0.3) is 10.2 Å². The van der Waals surface area contributed by atoms with E-state index >= 15 is 0 Å². The lowest BCUT2D eigenvalue weighted by Crippen LogP contribution is -2.41. The number of thiazole rings is 1. The molecule has 1 amide bonds. The van der Waals surface area contributed by atoms with Crippen molar-refractivity contribution in [2.45, 2.75) is 19.2 Å². The lowest BCUT2D eigenvalue weighted by atomic mass is 10.1. The smallest absolute Gasteiger partial charge is 0.276 e. The Kier molecular flexibility index (Phi) is 7.36. The van der Waals surface area contributed by atoms with Crippen molar-refractivity contribution in [3.63, 3.8) is 0 Å². The number of rotatable bonds is 9. The number of anilines is 2. The largest absolute Gasteiger partial charge is 0.497 e. The highest BCUT2D eigenvalue weighted by Crippen LogP contribution is 2.29. The number of fused-ring (bicyclic) bond motifs is 1. The molecule has 0 fully saturated rings. The molecule has 1 atom stereocenters. The van der Waals surface area contributed by atoms with Gasteiger partial charge in [0.15, 0.2) is 11.5 Å². The van der Waals surface area contributed by atoms with Gasteiger partial charge in [-0.05, 0) is 67.4 Å². The predicted octanol–water partition coefficient (Wildman–Crippen LogP) is 3.67. The average molecular weight is 478 g/mol. The molecule has 0 bridgehead atoms. The second-order valence-corrected chi connectivity index (χ2v) is 8.83. The van der Waals surface area contributed by atoms with Gasteiger partial charge in [-0.1, -0.05) is 29.5 Å². The van der Waals surface area contributed by atoms with Gasteiger partial charge in [0.25, 0.3) is 5.91 Å². The molecular weight excluding hydrogens is 450 g/mol. The maximum atomic E-state index is 12.6. The Balaban J connectivity index is 1.33. The first-order valence-corrected chi connectivity index (χ1v) is 11.7. The minimum Gasteiger partial charge on any atom is -0.497 e. The molecule has 2 aromatic heterocycles. The minimum atomic E-state index is -0.731. The standard InChI is InChI=1S/C25H27N5O3S/c1-26-25(32)30(2)18-9-6-16(7-10-18)4-5-17-8-12-21(27-15-17)23(31)29-24-28-20-13-11-19(33-3)14-22(20)34-24/h6-15,25-26,32H,4-5H2,1-3H3,(H,28,29,31). The SMILES string of the molecule is CNC(O)N(C)c1ccc(CCc2ccc(C(=O)Nc3nc4ccc(OC)cc4s3)nc2)cc1. The topological polar surface area (TPSA) is 99.6 Å². The number of pyridine rings is 1. The molecule has 176 valence electrons. The molecule has 0 radical (unpaired) electrons. The molecule has 3 N–H and O–H groups in total. The van der Waals surface area contributed by atoms with Gasteiger partial charge in [0.1, 0.15) is 11.4 Å². The van der Waals surface area contributed by atoms with E-state index in [0.29, 0.717) is 10.8 Å². The normalized spacial score (nSPS) is 11.9. The fourth-order valence-corrected chi connectivity index (χ4v) is 4.36. The van der Waals surface area contributed by atoms with E-state index in [1.807, 2.05) is 43.4 Å². The van der Waals surface area contributed by atoms with Crippen molar-refractivity contribution in [2.24, 2.45) is 0 Å². The molecule has 2 heterocycles. The van der Waals surface area contributed by atoms with Crippen LogP contribution in [-0.2, 0) is 12.8 Å². The van der Waals surface area contributed by atoms with Gasteiger partial charge in [0.2, 0.25) is 0 Å². The van der Waals surface area contributed by atoms with Crippen LogP contribution >= 0.6 is 11.3 Å². The first-order valence-electron chi connectivity index (χ1n) is 10.8. The van der Waals surface area contributed by atoms with Crippen LogP contribution in [-0.4, -0.2) is 48.5 Å². The van der Waals surface area contributed by atoms with E-state index in [-0.39, 0.29) is 5.91 Å². The quantitative estimate of drug-likeness (QED) is 0.316. The molecule has 9 heteroatoms. The second-order valence-electron chi connectivity index (χ2n) is 7.80. The van der Waals surface area contributed by atoms with Crippen molar-refractivity contribution in [1.82, 2.24) is 15.3 Å². The average Bonchev–Trinajstić information content (AvgIpc) is 3.28. The number of carbonyl (C=O) groups excluding carboxylic acids is 1. The monoisotopic (exact) mass is 477 g/mol. The Morgan fingerprint density at radius 2 is 1.85 bits per heavy atom. The number of aromatic nitrogens is 2. The Morgan fingerprint density at radius 1 is 1.12 bits per heavy atom. The van der Waals surface area contributed by atoms with Crippen LogP contribution in [0, 0.1) is 0 Å². The number of hydrogen-bond donors (Lipinski definition) is 3. The van der Waals surface area contributed by atoms with Crippen LogP contribution in [0.3, 0.4) is 0 Å². The number of nitrogens with zero attached hydrogens (tertiary/aromatic N) is 3. The number of benzene rings is 2. The van der Waals surface area contributed by atoms with Gasteiger partial charge in [-0.2, -0.15) is 0 Å². The van der Waals surface area contributed by atoms with Gasteiger partial charge in [-0.3, -0.25) is 20.4 Å². The lowest BCUT2D eigenvalue weighted by molar-refractivity contribution is 0.102. The zero-order valence-electron chi connectivity index (χ0n) is 19.3. The third-order valence-corrected chi connectivity index (χ3v) is 6.48. The van der Waals surface area contributed by atoms with Crippen LogP contribution in [0.1, 0.15) is 21.6 Å². The van der Waals surface area contributed by atoms with Gasteiger partial charge >= 0.3 is 0 Å². The van der Waals surface area contributed by atoms with E-state index in [4.69, 9.17) is 4.74 Å². The molecule has 0 aliphatic heterocycles. The van der Waals surface area contributed by atoms with Crippen LogP contribution in [0.4, 0.5) is 10.8 Å². The van der Waals surface area contributed by atoms with Crippen molar-refractivity contribution in [3.8, 4) is 5.75 Å². The molecule has 2 aromatic carbocycles. The van der Waals surface area contributed by atoms with Crippen molar-refractivity contribution < 1.29 is 14.6 Å². The summed E-state index contributed by atoms with van der Waals surface area (Å²) in [5.41, 5.74) is 4.31. The zero-order chi connectivity index (χ0) is 24.1. The Bertz CT molecular complexity index is 1260. The first kappa shape index (κ1) is 23.6. The third kappa shape index (κ3) is 5.51. The van der Waals surface area contributed by atoms with Crippen LogP contribution < -0.4 is 20.3 Å². The summed E-state index contributed by atoms with van der Waals surface area (Å²) < 4.78 is 6.18. The molecule has 0 spiro atoms. The summed E-state index contributed by atoms with van der Waals surface area (Å²) >= 11 is 1.39. The summed E-state index contributed by atoms with van der Waals surface area (Å²) in [6.07, 6.45) is 2.67. The minimum absolute atomic E-state index is 0.291. The summed E-state index contributed by atoms with van der Waals surface area (Å²) in [6.45, 7) is 0. The number of hydrogen-bond acceptors (Lipinski definition) is 8. The zero-order valence-corrected chi connectivity index (χ0v) is 20.1. The number of aryl methyl sites for hydroxylation is 2. The molecule has 1 unspecified atom stereocenters. The van der Waals surface area contributed by atoms with Gasteiger partial charge < -0.3 is 14.7 Å². The van der Waals surface area contributed by atoms with E-state index in [1.165, 1.54) is 16.9 Å². The van der Waals surface area contributed by atoms with Gasteiger partial charge in [0.05, 0.1) is 17.3 Å². The van der Waals surface area contributed by atoms with Crippen LogP contribution in [0.5, 0.6) is 5.75 Å². The van der Waals surface area contributed by atoms with E-state index in [1.54, 1.807) is 31.3 Å². The molecule has 4 aromatic rings. The number of nitrogens with one attached hydrogen (secondary N) is 2. The number of aliphatic hydroxyl groups is 1. The first-order chi connectivity index (χ1) is 16.5. The molecule has 4 rings (SSSR count). The summed E-state index contributed by atoms with van der Waals surface area (Å²) in [5, 5.41) is 16.0. The molecular formula is C25H27N5O3S. The van der Waals surface area contributed by atoms with Gasteiger partial charge in [0, 0.05) is 18.9 Å². The summed E-state index contributed by atoms with van der Waals surface area (Å²) in [7, 11) is 5.15. The molecule has 8 nitrogen and oxygen atoms in total. The third-order valence-electron chi connectivity index (χ3n) is 5.54. The fourth-order valence-electron chi connectivity index (χ4n) is 3.47. The molecule has 0 aliphatic carbocycles. The van der Waals surface area contributed by atoms with Gasteiger partial charge in [-0.15, -0.1) is 0 Å². The van der Waals surface area contributed by atoms with E-state index in [2.05, 4.69) is 32.7 Å². The van der Waals surface area contributed by atoms with Crippen molar-refractivity contribution in [3.05, 3.63) is 77.6 Å². The highest BCUT2D eigenvalue weighted by Gasteiger charge is 2.12. The number of carbonyl (C=O) groups is 1. The number of methoxy groups -OCH3 is 1. The van der Waals surface area contributed by atoms with E-state index in [9.17, 15) is 9.90 Å². The number of aliphatic hydroxyl groups excluding tert-OH is 1. The summed E-state index contributed by atoms with van der Waals surface area (Å²) in [5.74, 6) is 0.461. The summed E-state index contributed by atoms with van der Waals surface area (Å²) in [4.78, 5) is 23.1. The molecule has 0 saturated carbocycles. The van der Waals surface area contributed by atoms with E-state index in [0.717, 1.165) is 40.1 Å². The van der Waals surface area contributed by atoms with Crippen LogP contribution in [0.15, 0.2) is 60.8 Å².